The molecule has 0 aliphatic carbocycles. The van der Waals surface area contributed by atoms with Gasteiger partial charge < -0.3 is 15.2 Å². The highest BCUT2D eigenvalue weighted by Gasteiger charge is 2.16. The van der Waals surface area contributed by atoms with Gasteiger partial charge in [-0.25, -0.2) is 4.98 Å². The maximum Gasteiger partial charge on any atom is 0.255 e. The number of anilines is 1. The number of likely N-dealkylation sites (N-methyl/N-ethyl adjacent to an activating group) is 1. The predicted octanol–water partition coefficient (Wildman–Crippen LogP) is 4.71. The summed E-state index contributed by atoms with van der Waals surface area (Å²) in [6.07, 6.45) is 5.72. The molecule has 5 rings (SSSR count). The Morgan fingerprint density at radius 1 is 0.974 bits per heavy atom. The first-order valence-corrected chi connectivity index (χ1v) is 12.9. The number of aryl methyl sites for hydroxylation is 2. The zero-order valence-electron chi connectivity index (χ0n) is 22.1. The van der Waals surface area contributed by atoms with Gasteiger partial charge in [-0.2, -0.15) is 0 Å². The van der Waals surface area contributed by atoms with Crippen LogP contribution in [0.5, 0.6) is 0 Å². The quantitative estimate of drug-likeness (QED) is 0.395. The zero-order chi connectivity index (χ0) is 26.6. The van der Waals surface area contributed by atoms with E-state index < -0.39 is 0 Å². The largest absolute Gasteiger partial charge is 0.322 e. The number of hydrogen-bond donors (Lipinski definition) is 2. The van der Waals surface area contributed by atoms with Gasteiger partial charge in [0.1, 0.15) is 5.65 Å². The third-order valence-corrected chi connectivity index (χ3v) is 7.18. The molecule has 2 aromatic carbocycles. The minimum Gasteiger partial charge on any atom is -0.322 e. The van der Waals surface area contributed by atoms with E-state index in [2.05, 4.69) is 45.1 Å². The number of hydrogen-bond acceptors (Lipinski definition) is 5. The van der Waals surface area contributed by atoms with E-state index in [1.165, 1.54) is 11.6 Å². The lowest BCUT2D eigenvalue weighted by Gasteiger charge is -2.32. The molecular formula is C31H33N5O2. The first-order chi connectivity index (χ1) is 18.3. The normalized spacial score (nSPS) is 14.8. The van der Waals surface area contributed by atoms with Crippen LogP contribution in [0.4, 0.5) is 5.69 Å². The molecular weight excluding hydrogens is 474 g/mol. The highest BCUT2D eigenvalue weighted by molar-refractivity contribution is 6.04. The number of piperazine rings is 1. The average Bonchev–Trinajstić information content (AvgIpc) is 2.91. The van der Waals surface area contributed by atoms with Crippen molar-refractivity contribution in [2.24, 2.45) is 0 Å². The highest BCUT2D eigenvalue weighted by atomic mass is 16.1. The Kier molecular flexibility index (Phi) is 7.49. The number of benzene rings is 2. The second-order valence-corrected chi connectivity index (χ2v) is 10.1. The third-order valence-electron chi connectivity index (χ3n) is 7.18. The molecule has 0 radical (unpaired) electrons. The molecule has 0 bridgehead atoms. The van der Waals surface area contributed by atoms with Crippen LogP contribution in [0.15, 0.2) is 65.6 Å². The van der Waals surface area contributed by atoms with Crippen molar-refractivity contribution in [3.63, 3.8) is 0 Å². The Morgan fingerprint density at radius 2 is 1.79 bits per heavy atom. The summed E-state index contributed by atoms with van der Waals surface area (Å²) in [5.74, 6) is -0.120. The van der Waals surface area contributed by atoms with Crippen molar-refractivity contribution in [1.82, 2.24) is 19.8 Å². The minimum atomic E-state index is -0.167. The zero-order valence-corrected chi connectivity index (χ0v) is 22.1. The van der Waals surface area contributed by atoms with Crippen LogP contribution in [0, 0.1) is 13.8 Å². The van der Waals surface area contributed by atoms with Crippen molar-refractivity contribution in [3.05, 3.63) is 105 Å². The van der Waals surface area contributed by atoms with Crippen LogP contribution in [0.25, 0.3) is 23.2 Å². The van der Waals surface area contributed by atoms with E-state index in [4.69, 9.17) is 0 Å². The Bertz CT molecular complexity index is 1560. The summed E-state index contributed by atoms with van der Waals surface area (Å²) in [7, 11) is 2.16. The van der Waals surface area contributed by atoms with E-state index in [0.29, 0.717) is 11.2 Å². The van der Waals surface area contributed by atoms with Gasteiger partial charge >= 0.3 is 0 Å². The first kappa shape index (κ1) is 25.6. The maximum atomic E-state index is 13.0. The standard InChI is InChI=1S/C31H33N5O2/c1-21-4-10-28(18-24(21)6-5-23-17-25-9-11-29(37)34-30(25)32-19-23)33-31(38)26-7-8-27(22(2)16-26)20-36-14-12-35(3)13-15-36/h4-11,16-19H,12-15,20H2,1-3H3,(H,33,38)(H,32,34,37)/b6-5+. The van der Waals surface area contributed by atoms with Gasteiger partial charge in [-0.15, -0.1) is 0 Å². The summed E-state index contributed by atoms with van der Waals surface area (Å²) >= 11 is 0. The van der Waals surface area contributed by atoms with Gasteiger partial charge in [0.15, 0.2) is 0 Å². The van der Waals surface area contributed by atoms with Crippen LogP contribution in [-0.2, 0) is 6.54 Å². The van der Waals surface area contributed by atoms with Gasteiger partial charge in [-0.1, -0.05) is 24.3 Å². The molecule has 2 N–H and O–H groups in total. The van der Waals surface area contributed by atoms with E-state index in [0.717, 1.165) is 66.1 Å². The molecule has 0 spiro atoms. The summed E-state index contributed by atoms with van der Waals surface area (Å²) in [6, 6.07) is 17.1. The third kappa shape index (κ3) is 6.07. The van der Waals surface area contributed by atoms with Crippen LogP contribution < -0.4 is 10.9 Å². The minimum absolute atomic E-state index is 0.120. The van der Waals surface area contributed by atoms with Crippen molar-refractivity contribution in [2.45, 2.75) is 20.4 Å². The van der Waals surface area contributed by atoms with Crippen molar-refractivity contribution in [3.8, 4) is 0 Å². The van der Waals surface area contributed by atoms with Crippen molar-refractivity contribution < 1.29 is 4.79 Å². The summed E-state index contributed by atoms with van der Waals surface area (Å²) in [4.78, 5) is 36.4. The van der Waals surface area contributed by atoms with E-state index in [9.17, 15) is 9.59 Å². The Balaban J connectivity index is 1.27. The number of nitrogens with zero attached hydrogens (tertiary/aromatic N) is 3. The van der Waals surface area contributed by atoms with Gasteiger partial charge in [0.2, 0.25) is 5.56 Å². The molecule has 1 amide bonds. The van der Waals surface area contributed by atoms with Gasteiger partial charge in [0.25, 0.3) is 5.91 Å². The number of carbonyl (C=O) groups excluding carboxylic acids is 1. The van der Waals surface area contributed by atoms with Gasteiger partial charge in [-0.3, -0.25) is 14.5 Å². The molecule has 7 nitrogen and oxygen atoms in total. The number of aromatic amines is 1. The van der Waals surface area contributed by atoms with Crippen molar-refractivity contribution in [2.75, 3.05) is 38.5 Å². The number of aromatic nitrogens is 2. The van der Waals surface area contributed by atoms with Gasteiger partial charge in [-0.05, 0) is 85.1 Å². The van der Waals surface area contributed by atoms with Crippen LogP contribution in [0.1, 0.15) is 38.2 Å². The van der Waals surface area contributed by atoms with Crippen molar-refractivity contribution >= 4 is 34.8 Å². The van der Waals surface area contributed by atoms with E-state index in [1.807, 2.05) is 55.5 Å². The second-order valence-electron chi connectivity index (χ2n) is 10.1. The number of carbonyl (C=O) groups is 1. The highest BCUT2D eigenvalue weighted by Crippen LogP contribution is 2.21. The fourth-order valence-corrected chi connectivity index (χ4v) is 4.69. The number of rotatable bonds is 6. The molecule has 4 aromatic rings. The summed E-state index contributed by atoms with van der Waals surface area (Å²) in [5.41, 5.74) is 7.23. The van der Waals surface area contributed by atoms with Crippen LogP contribution >= 0.6 is 0 Å². The molecule has 2 aromatic heterocycles. The molecule has 3 heterocycles. The fourth-order valence-electron chi connectivity index (χ4n) is 4.69. The monoisotopic (exact) mass is 507 g/mol. The number of nitrogens with one attached hydrogen (secondary N) is 2. The van der Waals surface area contributed by atoms with Gasteiger partial charge in [0, 0.05) is 61.6 Å². The number of pyridine rings is 2. The molecule has 1 fully saturated rings. The number of H-pyrrole nitrogens is 1. The number of fused-ring (bicyclic) bond motifs is 1. The molecule has 0 unspecified atom stereocenters. The van der Waals surface area contributed by atoms with Crippen LogP contribution in [0.2, 0.25) is 0 Å². The number of amides is 1. The Morgan fingerprint density at radius 3 is 2.58 bits per heavy atom. The average molecular weight is 508 g/mol. The van der Waals surface area contributed by atoms with Crippen LogP contribution in [-0.4, -0.2) is 58.9 Å². The van der Waals surface area contributed by atoms with E-state index >= 15 is 0 Å². The lowest BCUT2D eigenvalue weighted by molar-refractivity contribution is 0.102. The van der Waals surface area contributed by atoms with Crippen molar-refractivity contribution in [1.29, 1.82) is 0 Å². The Hall–Kier alpha value is -4.07. The summed E-state index contributed by atoms with van der Waals surface area (Å²) in [5, 5.41) is 3.92. The molecule has 194 valence electrons. The fraction of sp³-hybridized carbons (Fsp3) is 0.258. The molecule has 1 aliphatic rings. The molecule has 0 atom stereocenters. The van der Waals surface area contributed by atoms with Gasteiger partial charge in [0.05, 0.1) is 0 Å². The summed E-state index contributed by atoms with van der Waals surface area (Å²) in [6.45, 7) is 9.36. The van der Waals surface area contributed by atoms with Crippen LogP contribution in [0.3, 0.4) is 0 Å². The summed E-state index contributed by atoms with van der Waals surface area (Å²) < 4.78 is 0. The molecule has 38 heavy (non-hydrogen) atoms. The Labute approximate surface area is 222 Å². The first-order valence-electron chi connectivity index (χ1n) is 12.9. The van der Waals surface area contributed by atoms with E-state index in [-0.39, 0.29) is 11.5 Å². The lowest BCUT2D eigenvalue weighted by Crippen LogP contribution is -2.43. The maximum absolute atomic E-state index is 13.0. The second kappa shape index (κ2) is 11.1. The topological polar surface area (TPSA) is 81.3 Å². The molecule has 0 saturated carbocycles. The predicted molar refractivity (Wildman–Crippen MR) is 154 cm³/mol. The smallest absolute Gasteiger partial charge is 0.255 e. The lowest BCUT2D eigenvalue weighted by atomic mass is 10.0. The molecule has 1 aliphatic heterocycles. The van der Waals surface area contributed by atoms with E-state index in [1.54, 1.807) is 12.3 Å². The SMILES string of the molecule is Cc1ccc(NC(=O)c2ccc(CN3CCN(C)CC3)c(C)c2)cc1/C=C/c1cnc2[nH]c(=O)ccc2c1. The molecule has 7 heteroatoms. The molecule has 1 saturated heterocycles.